The summed E-state index contributed by atoms with van der Waals surface area (Å²) in [6.07, 6.45) is 6.14. The van der Waals surface area contributed by atoms with Crippen LogP contribution < -0.4 is 0 Å². The number of nitrogens with zero attached hydrogens (tertiary/aromatic N) is 1. The molecule has 1 aromatic carbocycles. The maximum atomic E-state index is 9.67. The molecule has 1 fully saturated rings. The molecule has 2 heterocycles. The molecule has 0 amide bonds. The molecule has 0 radical (unpaired) electrons. The molecule has 1 aliphatic rings. The fourth-order valence-electron chi connectivity index (χ4n) is 2.98. The highest BCUT2D eigenvalue weighted by atomic mass is 16.3. The van der Waals surface area contributed by atoms with Crippen molar-refractivity contribution >= 4 is 10.9 Å². The molecule has 3 rings (SSSR count). The predicted octanol–water partition coefficient (Wildman–Crippen LogP) is 2.56. The molecule has 3 heteroatoms. The van der Waals surface area contributed by atoms with E-state index in [1.54, 1.807) is 0 Å². The smallest absolute Gasteiger partial charge is 0.0553 e. The van der Waals surface area contributed by atoms with E-state index >= 15 is 0 Å². The van der Waals surface area contributed by atoms with E-state index in [2.05, 4.69) is 40.3 Å². The number of likely N-dealkylation sites (tertiary alicyclic amines) is 1. The highest BCUT2D eigenvalue weighted by molar-refractivity contribution is 5.83. The Kier molecular flexibility index (Phi) is 3.85. The lowest BCUT2D eigenvalue weighted by atomic mass is 10.1. The second-order valence-electron chi connectivity index (χ2n) is 5.54. The van der Waals surface area contributed by atoms with Gasteiger partial charge in [-0.1, -0.05) is 18.2 Å². The molecule has 0 aliphatic carbocycles. The first-order chi connectivity index (χ1) is 9.33. The molecule has 1 saturated heterocycles. The number of aliphatic hydroxyl groups excluding tert-OH is 1. The van der Waals surface area contributed by atoms with Crippen LogP contribution in [0.3, 0.4) is 0 Å². The van der Waals surface area contributed by atoms with Crippen LogP contribution in [0.4, 0.5) is 0 Å². The Hall–Kier alpha value is -1.32. The number of fused-ring (bicyclic) bond motifs is 1. The largest absolute Gasteiger partial charge is 0.393 e. The van der Waals surface area contributed by atoms with Crippen LogP contribution in [-0.2, 0) is 6.42 Å². The lowest BCUT2D eigenvalue weighted by molar-refractivity contribution is 0.155. The van der Waals surface area contributed by atoms with Crippen LogP contribution in [-0.4, -0.2) is 40.7 Å². The summed E-state index contributed by atoms with van der Waals surface area (Å²) in [5, 5.41) is 11.0. The van der Waals surface area contributed by atoms with Crippen molar-refractivity contribution in [1.82, 2.24) is 9.88 Å². The summed E-state index contributed by atoms with van der Waals surface area (Å²) in [6, 6.07) is 8.48. The third-order valence-corrected chi connectivity index (χ3v) is 4.16. The third kappa shape index (κ3) is 2.99. The average Bonchev–Trinajstić information content (AvgIpc) is 2.73. The van der Waals surface area contributed by atoms with E-state index in [4.69, 9.17) is 0 Å². The monoisotopic (exact) mass is 258 g/mol. The normalized spacial score (nSPS) is 21.6. The van der Waals surface area contributed by atoms with Gasteiger partial charge in [0.1, 0.15) is 0 Å². The summed E-state index contributed by atoms with van der Waals surface area (Å²) >= 11 is 0. The van der Waals surface area contributed by atoms with Crippen molar-refractivity contribution in [3.63, 3.8) is 0 Å². The SMILES string of the molecule is OC1CCCN(CCc2c[nH]c3ccccc23)CC1. The highest BCUT2D eigenvalue weighted by Crippen LogP contribution is 2.19. The van der Waals surface area contributed by atoms with Gasteiger partial charge in [-0.2, -0.15) is 0 Å². The molecule has 3 nitrogen and oxygen atoms in total. The molecule has 1 aromatic heterocycles. The van der Waals surface area contributed by atoms with Crippen LogP contribution in [0.2, 0.25) is 0 Å². The Labute approximate surface area is 114 Å². The first-order valence-electron chi connectivity index (χ1n) is 7.28. The van der Waals surface area contributed by atoms with Crippen molar-refractivity contribution < 1.29 is 5.11 Å². The number of aromatic amines is 1. The van der Waals surface area contributed by atoms with E-state index < -0.39 is 0 Å². The molecule has 0 saturated carbocycles. The van der Waals surface area contributed by atoms with Crippen molar-refractivity contribution in [3.8, 4) is 0 Å². The van der Waals surface area contributed by atoms with E-state index in [0.717, 1.165) is 45.3 Å². The molecular weight excluding hydrogens is 236 g/mol. The predicted molar refractivity (Wildman–Crippen MR) is 78.3 cm³/mol. The molecule has 2 N–H and O–H groups in total. The molecule has 0 spiro atoms. The van der Waals surface area contributed by atoms with Gasteiger partial charge in [-0.05, 0) is 43.9 Å². The Bertz CT molecular complexity index is 534. The standard InChI is InChI=1S/C16H22N2O/c19-14-4-3-9-18(11-8-14)10-7-13-12-17-16-6-2-1-5-15(13)16/h1-2,5-6,12,14,17,19H,3-4,7-11H2. The lowest BCUT2D eigenvalue weighted by Gasteiger charge is -2.19. The van der Waals surface area contributed by atoms with Crippen LogP contribution in [0.25, 0.3) is 10.9 Å². The van der Waals surface area contributed by atoms with Gasteiger partial charge in [0.05, 0.1) is 6.10 Å². The minimum Gasteiger partial charge on any atom is -0.393 e. The second-order valence-corrected chi connectivity index (χ2v) is 5.54. The Morgan fingerprint density at radius 1 is 1.21 bits per heavy atom. The fraction of sp³-hybridized carbons (Fsp3) is 0.500. The van der Waals surface area contributed by atoms with Crippen LogP contribution in [0.5, 0.6) is 0 Å². The van der Waals surface area contributed by atoms with E-state index in [-0.39, 0.29) is 6.10 Å². The molecule has 0 bridgehead atoms. The number of rotatable bonds is 3. The van der Waals surface area contributed by atoms with E-state index in [9.17, 15) is 5.11 Å². The van der Waals surface area contributed by atoms with Crippen molar-refractivity contribution in [2.24, 2.45) is 0 Å². The number of hydrogen-bond acceptors (Lipinski definition) is 2. The van der Waals surface area contributed by atoms with Gasteiger partial charge in [0, 0.05) is 30.2 Å². The molecule has 19 heavy (non-hydrogen) atoms. The summed E-state index contributed by atoms with van der Waals surface area (Å²) in [5.74, 6) is 0. The van der Waals surface area contributed by atoms with Gasteiger partial charge in [0.2, 0.25) is 0 Å². The van der Waals surface area contributed by atoms with Gasteiger partial charge < -0.3 is 15.0 Å². The zero-order chi connectivity index (χ0) is 13.1. The lowest BCUT2D eigenvalue weighted by Crippen LogP contribution is -2.27. The van der Waals surface area contributed by atoms with Gasteiger partial charge in [-0.15, -0.1) is 0 Å². The second kappa shape index (κ2) is 5.76. The topological polar surface area (TPSA) is 39.3 Å². The zero-order valence-corrected chi connectivity index (χ0v) is 11.3. The first-order valence-corrected chi connectivity index (χ1v) is 7.28. The quantitative estimate of drug-likeness (QED) is 0.888. The summed E-state index contributed by atoms with van der Waals surface area (Å²) in [4.78, 5) is 5.82. The average molecular weight is 258 g/mol. The number of aliphatic hydroxyl groups is 1. The number of para-hydroxylation sites is 1. The number of aromatic nitrogens is 1. The van der Waals surface area contributed by atoms with E-state index in [1.807, 2.05) is 0 Å². The third-order valence-electron chi connectivity index (χ3n) is 4.16. The van der Waals surface area contributed by atoms with Gasteiger partial charge >= 0.3 is 0 Å². The van der Waals surface area contributed by atoms with E-state index in [0.29, 0.717) is 0 Å². The summed E-state index contributed by atoms with van der Waals surface area (Å²) in [5.41, 5.74) is 2.63. The highest BCUT2D eigenvalue weighted by Gasteiger charge is 2.14. The molecular formula is C16H22N2O. The minimum absolute atomic E-state index is 0.0851. The minimum atomic E-state index is -0.0851. The van der Waals surface area contributed by atoms with Crippen molar-refractivity contribution in [2.45, 2.75) is 31.8 Å². The Morgan fingerprint density at radius 2 is 2.11 bits per heavy atom. The van der Waals surface area contributed by atoms with Gasteiger partial charge in [-0.25, -0.2) is 0 Å². The van der Waals surface area contributed by atoms with Gasteiger partial charge in [0.25, 0.3) is 0 Å². The number of hydrogen-bond donors (Lipinski definition) is 2. The molecule has 102 valence electrons. The molecule has 1 aliphatic heterocycles. The van der Waals surface area contributed by atoms with Gasteiger partial charge in [0.15, 0.2) is 0 Å². The summed E-state index contributed by atoms with van der Waals surface area (Å²) < 4.78 is 0. The summed E-state index contributed by atoms with van der Waals surface area (Å²) in [6.45, 7) is 3.25. The molecule has 1 atom stereocenters. The van der Waals surface area contributed by atoms with Crippen molar-refractivity contribution in [1.29, 1.82) is 0 Å². The zero-order valence-electron chi connectivity index (χ0n) is 11.3. The Balaban J connectivity index is 1.62. The first kappa shape index (κ1) is 12.7. The number of nitrogens with one attached hydrogen (secondary N) is 1. The molecule has 1 unspecified atom stereocenters. The van der Waals surface area contributed by atoms with Crippen molar-refractivity contribution in [3.05, 3.63) is 36.0 Å². The van der Waals surface area contributed by atoms with Crippen LogP contribution in [0.15, 0.2) is 30.5 Å². The van der Waals surface area contributed by atoms with Crippen LogP contribution in [0.1, 0.15) is 24.8 Å². The molecule has 2 aromatic rings. The maximum Gasteiger partial charge on any atom is 0.0553 e. The summed E-state index contributed by atoms with van der Waals surface area (Å²) in [7, 11) is 0. The Morgan fingerprint density at radius 3 is 3.05 bits per heavy atom. The number of benzene rings is 1. The van der Waals surface area contributed by atoms with Gasteiger partial charge in [-0.3, -0.25) is 0 Å². The number of H-pyrrole nitrogens is 1. The fourth-order valence-corrected chi connectivity index (χ4v) is 2.98. The van der Waals surface area contributed by atoms with Crippen LogP contribution in [0, 0.1) is 0 Å². The van der Waals surface area contributed by atoms with Crippen molar-refractivity contribution in [2.75, 3.05) is 19.6 Å². The maximum absolute atomic E-state index is 9.67. The van der Waals surface area contributed by atoms with E-state index in [1.165, 1.54) is 16.5 Å². The van der Waals surface area contributed by atoms with Crippen LogP contribution >= 0.6 is 0 Å².